The molecular formula is C15H22N2O2S. The Bertz CT molecular complexity index is 520. The Morgan fingerprint density at radius 3 is 2.85 bits per heavy atom. The van der Waals surface area contributed by atoms with Crippen LogP contribution in [0, 0.1) is 0 Å². The van der Waals surface area contributed by atoms with Crippen LogP contribution in [0.4, 0.5) is 0 Å². The van der Waals surface area contributed by atoms with E-state index in [0.29, 0.717) is 12.2 Å². The van der Waals surface area contributed by atoms with Crippen molar-refractivity contribution in [3.8, 4) is 5.75 Å². The average molecular weight is 294 g/mol. The van der Waals surface area contributed by atoms with Crippen molar-refractivity contribution >= 4 is 11.3 Å². The third-order valence-corrected chi connectivity index (χ3v) is 4.24. The predicted octanol–water partition coefficient (Wildman–Crippen LogP) is 3.59. The number of rotatable bonds is 7. The molecule has 0 aromatic carbocycles. The molecule has 0 fully saturated rings. The molecule has 0 bridgehead atoms. The van der Waals surface area contributed by atoms with Gasteiger partial charge < -0.3 is 9.84 Å². The summed E-state index contributed by atoms with van der Waals surface area (Å²) in [5.41, 5.74) is 0.786. The Kier molecular flexibility index (Phi) is 5.20. The highest BCUT2D eigenvalue weighted by Crippen LogP contribution is 2.30. The number of thiophene rings is 1. The van der Waals surface area contributed by atoms with Gasteiger partial charge in [-0.25, -0.2) is 0 Å². The average Bonchev–Trinajstić information content (AvgIpc) is 3.07. The van der Waals surface area contributed by atoms with E-state index in [9.17, 15) is 5.11 Å². The predicted molar refractivity (Wildman–Crippen MR) is 81.4 cm³/mol. The lowest BCUT2D eigenvalue weighted by atomic mass is 10.1. The first-order chi connectivity index (χ1) is 9.63. The minimum Gasteiger partial charge on any atom is -0.493 e. The molecule has 5 heteroatoms. The van der Waals surface area contributed by atoms with Gasteiger partial charge in [0.15, 0.2) is 5.75 Å². The summed E-state index contributed by atoms with van der Waals surface area (Å²) in [6.45, 7) is 4.10. The molecule has 0 aliphatic rings. The van der Waals surface area contributed by atoms with Gasteiger partial charge >= 0.3 is 0 Å². The van der Waals surface area contributed by atoms with Gasteiger partial charge in [-0.1, -0.05) is 6.07 Å². The molecule has 0 spiro atoms. The fraction of sp³-hybridized carbons (Fsp3) is 0.533. The third kappa shape index (κ3) is 3.41. The zero-order valence-corrected chi connectivity index (χ0v) is 13.1. The van der Waals surface area contributed by atoms with E-state index in [1.165, 1.54) is 4.88 Å². The number of aliphatic hydroxyl groups excluding tert-OH is 1. The van der Waals surface area contributed by atoms with Crippen molar-refractivity contribution in [3.63, 3.8) is 0 Å². The largest absolute Gasteiger partial charge is 0.493 e. The number of aliphatic hydroxyl groups is 1. The summed E-state index contributed by atoms with van der Waals surface area (Å²) in [6.07, 6.45) is 3.82. The topological polar surface area (TPSA) is 47.3 Å². The number of hydrogen-bond donors (Lipinski definition) is 1. The van der Waals surface area contributed by atoms with Gasteiger partial charge in [0.05, 0.1) is 19.4 Å². The van der Waals surface area contributed by atoms with Crippen LogP contribution in [0.2, 0.25) is 0 Å². The summed E-state index contributed by atoms with van der Waals surface area (Å²) in [4.78, 5) is 1.36. The minimum absolute atomic E-state index is 0.209. The molecule has 0 saturated carbocycles. The summed E-state index contributed by atoms with van der Waals surface area (Å²) in [6, 6.07) is 4.41. The first-order valence-electron chi connectivity index (χ1n) is 6.95. The van der Waals surface area contributed by atoms with Gasteiger partial charge in [0.1, 0.15) is 5.69 Å². The second-order valence-electron chi connectivity index (χ2n) is 5.12. The van der Waals surface area contributed by atoms with Crippen molar-refractivity contribution in [1.29, 1.82) is 0 Å². The van der Waals surface area contributed by atoms with Crippen LogP contribution in [0.3, 0.4) is 0 Å². The molecule has 0 amide bonds. The summed E-state index contributed by atoms with van der Waals surface area (Å²) < 4.78 is 7.15. The quantitative estimate of drug-likeness (QED) is 0.849. The lowest BCUT2D eigenvalue weighted by molar-refractivity contribution is 0.147. The molecule has 110 valence electrons. The smallest absolute Gasteiger partial charge is 0.162 e. The van der Waals surface area contributed by atoms with Crippen molar-refractivity contribution in [1.82, 2.24) is 9.78 Å². The Balaban J connectivity index is 2.00. The van der Waals surface area contributed by atoms with Crippen molar-refractivity contribution in [2.75, 3.05) is 7.11 Å². The lowest BCUT2D eigenvalue weighted by Crippen LogP contribution is -2.12. The van der Waals surface area contributed by atoms with Gasteiger partial charge in [-0.3, -0.25) is 4.68 Å². The number of ether oxygens (including phenoxy) is 1. The van der Waals surface area contributed by atoms with Gasteiger partial charge in [0.2, 0.25) is 0 Å². The van der Waals surface area contributed by atoms with E-state index >= 15 is 0 Å². The molecule has 20 heavy (non-hydrogen) atoms. The molecule has 4 nitrogen and oxygen atoms in total. The van der Waals surface area contributed by atoms with Crippen LogP contribution < -0.4 is 4.74 Å². The zero-order chi connectivity index (χ0) is 14.5. The molecule has 0 saturated heterocycles. The Morgan fingerprint density at radius 2 is 2.25 bits per heavy atom. The van der Waals surface area contributed by atoms with Gasteiger partial charge in [-0.2, -0.15) is 5.10 Å². The number of hydrogen-bond acceptors (Lipinski definition) is 4. The standard InChI is InChI=1S/C15H22N2O2S/c1-11(2)17-15(14(19-3)10-16-17)13(18)8-4-6-12-7-5-9-20-12/h5,7,9-11,13,18H,4,6,8H2,1-3H3. The second kappa shape index (κ2) is 6.90. The number of nitrogens with zero attached hydrogens (tertiary/aromatic N) is 2. The van der Waals surface area contributed by atoms with Gasteiger partial charge in [0, 0.05) is 10.9 Å². The van der Waals surface area contributed by atoms with Gasteiger partial charge in [-0.15, -0.1) is 11.3 Å². The van der Waals surface area contributed by atoms with Crippen molar-refractivity contribution in [3.05, 3.63) is 34.3 Å². The SMILES string of the molecule is COc1cnn(C(C)C)c1C(O)CCCc1cccs1. The molecule has 0 aliphatic heterocycles. The number of aromatic nitrogens is 2. The van der Waals surface area contributed by atoms with E-state index in [1.807, 2.05) is 18.5 Å². The van der Waals surface area contributed by atoms with Crippen LogP contribution in [0.5, 0.6) is 5.75 Å². The molecule has 1 N–H and O–H groups in total. The van der Waals surface area contributed by atoms with Crippen molar-refractivity contribution in [2.24, 2.45) is 0 Å². The van der Waals surface area contributed by atoms with E-state index < -0.39 is 6.10 Å². The molecule has 2 aromatic heterocycles. The Hall–Kier alpha value is -1.33. The van der Waals surface area contributed by atoms with E-state index in [0.717, 1.165) is 18.5 Å². The maximum absolute atomic E-state index is 10.4. The minimum atomic E-state index is -0.533. The van der Waals surface area contributed by atoms with E-state index in [-0.39, 0.29) is 6.04 Å². The molecule has 0 radical (unpaired) electrons. The molecule has 2 rings (SSSR count). The molecule has 2 aromatic rings. The van der Waals surface area contributed by atoms with E-state index in [1.54, 1.807) is 24.6 Å². The highest BCUT2D eigenvalue weighted by Gasteiger charge is 2.21. The monoisotopic (exact) mass is 294 g/mol. The fourth-order valence-corrected chi connectivity index (χ4v) is 3.05. The van der Waals surface area contributed by atoms with Crippen LogP contribution in [0.25, 0.3) is 0 Å². The van der Waals surface area contributed by atoms with Crippen LogP contribution >= 0.6 is 11.3 Å². The third-order valence-electron chi connectivity index (χ3n) is 3.30. The normalized spacial score (nSPS) is 12.8. The summed E-state index contributed by atoms with van der Waals surface area (Å²) in [5.74, 6) is 0.669. The number of methoxy groups -OCH3 is 1. The lowest BCUT2D eigenvalue weighted by Gasteiger charge is -2.17. The highest BCUT2D eigenvalue weighted by molar-refractivity contribution is 7.09. The maximum atomic E-state index is 10.4. The fourth-order valence-electron chi connectivity index (χ4n) is 2.30. The van der Waals surface area contributed by atoms with Crippen LogP contribution in [-0.2, 0) is 6.42 Å². The number of aryl methyl sites for hydroxylation is 1. The van der Waals surface area contributed by atoms with Crippen molar-refractivity contribution in [2.45, 2.75) is 45.3 Å². The summed E-state index contributed by atoms with van der Waals surface area (Å²) in [7, 11) is 1.61. The van der Waals surface area contributed by atoms with E-state index in [2.05, 4.69) is 22.6 Å². The molecule has 0 aliphatic carbocycles. The van der Waals surface area contributed by atoms with E-state index in [4.69, 9.17) is 4.74 Å². The summed E-state index contributed by atoms with van der Waals surface area (Å²) >= 11 is 1.76. The van der Waals surface area contributed by atoms with Crippen LogP contribution in [0.1, 0.15) is 49.4 Å². The molecule has 2 heterocycles. The second-order valence-corrected chi connectivity index (χ2v) is 6.16. The maximum Gasteiger partial charge on any atom is 0.162 e. The van der Waals surface area contributed by atoms with Gasteiger partial charge in [0.25, 0.3) is 0 Å². The van der Waals surface area contributed by atoms with Crippen molar-refractivity contribution < 1.29 is 9.84 Å². The van der Waals surface area contributed by atoms with Crippen LogP contribution in [-0.4, -0.2) is 22.0 Å². The molecule has 1 unspecified atom stereocenters. The zero-order valence-electron chi connectivity index (χ0n) is 12.2. The highest BCUT2D eigenvalue weighted by atomic mass is 32.1. The first kappa shape index (κ1) is 15.1. The Labute approximate surface area is 124 Å². The molecule has 1 atom stereocenters. The summed E-state index contributed by atoms with van der Waals surface area (Å²) in [5, 5.41) is 16.8. The van der Waals surface area contributed by atoms with Gasteiger partial charge in [-0.05, 0) is 44.6 Å². The first-order valence-corrected chi connectivity index (χ1v) is 7.83. The molecular weight excluding hydrogens is 272 g/mol. The Morgan fingerprint density at radius 1 is 1.45 bits per heavy atom. The van der Waals surface area contributed by atoms with Crippen LogP contribution in [0.15, 0.2) is 23.7 Å².